The van der Waals surface area contributed by atoms with Crippen molar-refractivity contribution < 1.29 is 9.53 Å². The fraction of sp³-hybridized carbons (Fsp3) is 0.381. The van der Waals surface area contributed by atoms with Gasteiger partial charge in [-0.25, -0.2) is 4.79 Å². The summed E-state index contributed by atoms with van der Waals surface area (Å²) >= 11 is 0. The fourth-order valence-electron chi connectivity index (χ4n) is 2.91. The van der Waals surface area contributed by atoms with Gasteiger partial charge in [-0.1, -0.05) is 67.4 Å². The van der Waals surface area contributed by atoms with Crippen molar-refractivity contribution in [3.8, 4) is 0 Å². The van der Waals surface area contributed by atoms with E-state index in [1.165, 1.54) is 16.7 Å². The Morgan fingerprint density at radius 1 is 1.12 bits per heavy atom. The lowest BCUT2D eigenvalue weighted by Crippen LogP contribution is -2.24. The molecule has 1 N–H and O–H groups in total. The fourth-order valence-corrected chi connectivity index (χ4v) is 2.91. The van der Waals surface area contributed by atoms with Crippen LogP contribution >= 0.6 is 0 Å². The van der Waals surface area contributed by atoms with E-state index < -0.39 is 0 Å². The summed E-state index contributed by atoms with van der Waals surface area (Å²) in [6.07, 6.45) is 0.684. The van der Waals surface area contributed by atoms with Gasteiger partial charge in [-0.15, -0.1) is 0 Å². The molecule has 0 saturated carbocycles. The normalized spacial score (nSPS) is 11.8. The Morgan fingerprint density at radius 2 is 1.79 bits per heavy atom. The Balaban J connectivity index is 1.90. The molecule has 2 aromatic carbocycles. The van der Waals surface area contributed by atoms with Gasteiger partial charge >= 0.3 is 6.09 Å². The second kappa shape index (κ2) is 8.53. The Labute approximate surface area is 145 Å². The van der Waals surface area contributed by atoms with Gasteiger partial charge in [0.05, 0.1) is 0 Å². The third-order valence-corrected chi connectivity index (χ3v) is 4.28. The van der Waals surface area contributed by atoms with Gasteiger partial charge < -0.3 is 10.1 Å². The Bertz CT molecular complexity index is 674. The van der Waals surface area contributed by atoms with Crippen LogP contribution in [0.25, 0.3) is 0 Å². The lowest BCUT2D eigenvalue weighted by atomic mass is 9.94. The van der Waals surface area contributed by atoms with Gasteiger partial charge in [0.15, 0.2) is 0 Å². The highest BCUT2D eigenvalue weighted by Crippen LogP contribution is 2.23. The summed E-state index contributed by atoms with van der Waals surface area (Å²) in [7, 11) is 0. The van der Waals surface area contributed by atoms with E-state index in [0.29, 0.717) is 19.1 Å². The van der Waals surface area contributed by atoms with Crippen LogP contribution in [0, 0.1) is 13.8 Å². The third kappa shape index (κ3) is 5.12. The molecule has 3 heteroatoms. The molecule has 3 nitrogen and oxygen atoms in total. The van der Waals surface area contributed by atoms with E-state index in [-0.39, 0.29) is 6.09 Å². The van der Waals surface area contributed by atoms with Crippen molar-refractivity contribution >= 4 is 6.09 Å². The van der Waals surface area contributed by atoms with Crippen molar-refractivity contribution in [2.24, 2.45) is 0 Å². The summed E-state index contributed by atoms with van der Waals surface area (Å²) in [6.45, 7) is 9.26. The summed E-state index contributed by atoms with van der Waals surface area (Å²) in [6, 6.07) is 14.4. The van der Waals surface area contributed by atoms with Crippen LogP contribution < -0.4 is 5.32 Å². The van der Waals surface area contributed by atoms with Crippen molar-refractivity contribution in [2.45, 2.75) is 53.2 Å². The molecule has 1 amide bonds. The van der Waals surface area contributed by atoms with Crippen LogP contribution in [0.15, 0.2) is 42.5 Å². The number of rotatable bonds is 6. The number of hydrogen-bond donors (Lipinski definition) is 1. The molecule has 0 aliphatic carbocycles. The van der Waals surface area contributed by atoms with Gasteiger partial charge in [-0.3, -0.25) is 0 Å². The van der Waals surface area contributed by atoms with Gasteiger partial charge in [0.2, 0.25) is 0 Å². The van der Waals surface area contributed by atoms with Gasteiger partial charge in [0, 0.05) is 6.54 Å². The third-order valence-electron chi connectivity index (χ3n) is 4.28. The maximum absolute atomic E-state index is 12.0. The van der Waals surface area contributed by atoms with Crippen LogP contribution in [-0.2, 0) is 17.9 Å². The molecule has 0 aliphatic rings. The second-order valence-electron chi connectivity index (χ2n) is 6.43. The van der Waals surface area contributed by atoms with Gasteiger partial charge in [-0.05, 0) is 42.9 Å². The zero-order chi connectivity index (χ0) is 17.5. The topological polar surface area (TPSA) is 38.3 Å². The van der Waals surface area contributed by atoms with Gasteiger partial charge in [0.1, 0.15) is 6.61 Å². The Morgan fingerprint density at radius 3 is 2.46 bits per heavy atom. The van der Waals surface area contributed by atoms with Crippen molar-refractivity contribution in [1.82, 2.24) is 5.32 Å². The van der Waals surface area contributed by atoms with Crippen LogP contribution in [0.5, 0.6) is 0 Å². The number of aryl methyl sites for hydroxylation is 2. The standard InChI is InChI=1S/C21H27NO2/c1-5-17(4)20-9-7-6-8-19(20)14-24-21(23)22-13-18-11-15(2)10-16(3)12-18/h6-12,17H,5,13-14H2,1-4H3,(H,22,23). The quantitative estimate of drug-likeness (QED) is 0.788. The largest absolute Gasteiger partial charge is 0.445 e. The highest BCUT2D eigenvalue weighted by atomic mass is 16.5. The second-order valence-corrected chi connectivity index (χ2v) is 6.43. The van der Waals surface area contributed by atoms with Gasteiger partial charge in [-0.2, -0.15) is 0 Å². The summed E-state index contributed by atoms with van der Waals surface area (Å²) in [4.78, 5) is 12.0. The van der Waals surface area contributed by atoms with Gasteiger partial charge in [0.25, 0.3) is 0 Å². The summed E-state index contributed by atoms with van der Waals surface area (Å²) in [5.41, 5.74) is 5.81. The summed E-state index contributed by atoms with van der Waals surface area (Å²) in [5.74, 6) is 0.461. The molecule has 0 fully saturated rings. The van der Waals surface area contributed by atoms with Crippen LogP contribution in [0.2, 0.25) is 0 Å². The molecule has 128 valence electrons. The predicted molar refractivity (Wildman–Crippen MR) is 98.1 cm³/mol. The average Bonchev–Trinajstić information content (AvgIpc) is 2.57. The number of benzene rings is 2. The first kappa shape index (κ1) is 18.1. The number of hydrogen-bond acceptors (Lipinski definition) is 2. The van der Waals surface area contributed by atoms with E-state index in [2.05, 4.69) is 57.3 Å². The average molecular weight is 325 g/mol. The number of carbonyl (C=O) groups excluding carboxylic acids is 1. The molecule has 2 aromatic rings. The molecule has 2 rings (SSSR count). The Hall–Kier alpha value is -2.29. The number of carbonyl (C=O) groups is 1. The molecular weight excluding hydrogens is 298 g/mol. The zero-order valence-electron chi connectivity index (χ0n) is 15.1. The van der Waals surface area contributed by atoms with Crippen LogP contribution in [0.1, 0.15) is 54.0 Å². The molecule has 24 heavy (non-hydrogen) atoms. The molecular formula is C21H27NO2. The van der Waals surface area contributed by atoms with E-state index in [1.54, 1.807) is 0 Å². The number of nitrogens with one attached hydrogen (secondary N) is 1. The van der Waals surface area contributed by atoms with Crippen LogP contribution in [0.3, 0.4) is 0 Å². The molecule has 0 saturated heterocycles. The first-order valence-corrected chi connectivity index (χ1v) is 8.55. The lowest BCUT2D eigenvalue weighted by Gasteiger charge is -2.15. The minimum absolute atomic E-state index is 0.305. The summed E-state index contributed by atoms with van der Waals surface area (Å²) in [5, 5.41) is 2.83. The molecule has 0 bridgehead atoms. The Kier molecular flexibility index (Phi) is 6.42. The van der Waals surface area contributed by atoms with E-state index in [4.69, 9.17) is 4.74 Å². The van der Waals surface area contributed by atoms with E-state index in [0.717, 1.165) is 17.5 Å². The highest BCUT2D eigenvalue weighted by molar-refractivity contribution is 5.67. The predicted octanol–water partition coefficient (Wildman–Crippen LogP) is 5.24. The van der Waals surface area contributed by atoms with Crippen molar-refractivity contribution in [3.63, 3.8) is 0 Å². The first-order valence-electron chi connectivity index (χ1n) is 8.55. The number of ether oxygens (including phenoxy) is 1. The molecule has 0 radical (unpaired) electrons. The molecule has 0 heterocycles. The molecule has 1 unspecified atom stereocenters. The highest BCUT2D eigenvalue weighted by Gasteiger charge is 2.10. The van der Waals surface area contributed by atoms with Crippen LogP contribution in [-0.4, -0.2) is 6.09 Å². The number of amides is 1. The van der Waals surface area contributed by atoms with E-state index >= 15 is 0 Å². The summed E-state index contributed by atoms with van der Waals surface area (Å²) < 4.78 is 5.40. The molecule has 1 atom stereocenters. The smallest absolute Gasteiger partial charge is 0.407 e. The first-order chi connectivity index (χ1) is 11.5. The molecule has 0 spiro atoms. The zero-order valence-corrected chi connectivity index (χ0v) is 15.1. The van der Waals surface area contributed by atoms with E-state index in [9.17, 15) is 4.79 Å². The maximum Gasteiger partial charge on any atom is 0.407 e. The minimum Gasteiger partial charge on any atom is -0.445 e. The number of alkyl carbamates (subject to hydrolysis) is 1. The van der Waals surface area contributed by atoms with Crippen molar-refractivity contribution in [3.05, 3.63) is 70.3 Å². The van der Waals surface area contributed by atoms with Crippen LogP contribution in [0.4, 0.5) is 4.79 Å². The molecule has 0 aromatic heterocycles. The minimum atomic E-state index is -0.381. The SMILES string of the molecule is CCC(C)c1ccccc1COC(=O)NCc1cc(C)cc(C)c1. The van der Waals surface area contributed by atoms with Crippen molar-refractivity contribution in [1.29, 1.82) is 0 Å². The lowest BCUT2D eigenvalue weighted by molar-refractivity contribution is 0.138. The monoisotopic (exact) mass is 325 g/mol. The van der Waals surface area contributed by atoms with Crippen molar-refractivity contribution in [2.75, 3.05) is 0 Å². The van der Waals surface area contributed by atoms with E-state index in [1.807, 2.05) is 18.2 Å². The molecule has 0 aliphatic heterocycles. The maximum atomic E-state index is 12.0.